The highest BCUT2D eigenvalue weighted by molar-refractivity contribution is 7.90. The summed E-state index contributed by atoms with van der Waals surface area (Å²) in [6.45, 7) is 0.557. The van der Waals surface area contributed by atoms with Gasteiger partial charge in [-0.25, -0.2) is 13.1 Å². The third kappa shape index (κ3) is 1.59. The highest BCUT2D eigenvalue weighted by Crippen LogP contribution is 2.28. The van der Waals surface area contributed by atoms with E-state index in [4.69, 9.17) is 0 Å². The van der Waals surface area contributed by atoms with E-state index in [1.54, 1.807) is 0 Å². The molecule has 1 saturated heterocycles. The van der Waals surface area contributed by atoms with Gasteiger partial charge in [0.1, 0.15) is 5.25 Å². The zero-order valence-electron chi connectivity index (χ0n) is 7.10. The van der Waals surface area contributed by atoms with Gasteiger partial charge in [0.15, 0.2) is 0 Å². The molecule has 1 atom stereocenters. The second-order valence-electron chi connectivity index (χ2n) is 3.13. The van der Waals surface area contributed by atoms with Crippen LogP contribution < -0.4 is 4.72 Å². The van der Waals surface area contributed by atoms with Gasteiger partial charge in [-0.15, -0.1) is 0 Å². The number of hydrogen-bond acceptors (Lipinski definition) is 2. The zero-order chi connectivity index (χ0) is 9.31. The van der Waals surface area contributed by atoms with Gasteiger partial charge in [0.05, 0.1) is 0 Å². The molecular weight excluding hydrogens is 186 g/mol. The summed E-state index contributed by atoms with van der Waals surface area (Å²) in [6, 6.07) is 9.33. The second kappa shape index (κ2) is 3.12. The second-order valence-corrected chi connectivity index (χ2v) is 5.08. The third-order valence-corrected chi connectivity index (χ3v) is 4.12. The first-order valence-electron chi connectivity index (χ1n) is 4.23. The Morgan fingerprint density at radius 2 is 1.92 bits per heavy atom. The summed E-state index contributed by atoms with van der Waals surface area (Å²) in [5, 5.41) is -0.353. The van der Waals surface area contributed by atoms with Gasteiger partial charge >= 0.3 is 0 Å². The molecule has 1 fully saturated rings. The van der Waals surface area contributed by atoms with Crippen LogP contribution in [0, 0.1) is 0 Å². The van der Waals surface area contributed by atoms with E-state index in [9.17, 15) is 8.42 Å². The Balaban J connectivity index is 2.38. The van der Waals surface area contributed by atoms with Crippen molar-refractivity contribution >= 4 is 10.0 Å². The minimum atomic E-state index is -3.09. The van der Waals surface area contributed by atoms with Gasteiger partial charge in [-0.2, -0.15) is 0 Å². The topological polar surface area (TPSA) is 46.2 Å². The summed E-state index contributed by atoms with van der Waals surface area (Å²) in [6.07, 6.45) is 0.673. The maximum absolute atomic E-state index is 11.5. The van der Waals surface area contributed by atoms with Gasteiger partial charge < -0.3 is 0 Å². The van der Waals surface area contributed by atoms with Crippen molar-refractivity contribution in [2.45, 2.75) is 11.7 Å². The van der Waals surface area contributed by atoms with Gasteiger partial charge in [0.25, 0.3) is 0 Å². The molecule has 2 rings (SSSR count). The van der Waals surface area contributed by atoms with Crippen LogP contribution in [0.15, 0.2) is 30.3 Å². The van der Waals surface area contributed by atoms with Crippen LogP contribution in [0.5, 0.6) is 0 Å². The Kier molecular flexibility index (Phi) is 2.09. The van der Waals surface area contributed by atoms with Crippen LogP contribution >= 0.6 is 0 Å². The zero-order valence-corrected chi connectivity index (χ0v) is 7.92. The summed E-state index contributed by atoms with van der Waals surface area (Å²) in [5.41, 5.74) is 0.882. The Labute approximate surface area is 77.8 Å². The van der Waals surface area contributed by atoms with Crippen molar-refractivity contribution in [1.82, 2.24) is 4.72 Å². The summed E-state index contributed by atoms with van der Waals surface area (Å²) < 4.78 is 25.4. The summed E-state index contributed by atoms with van der Waals surface area (Å²) in [7, 11) is -3.09. The number of hydrogen-bond donors (Lipinski definition) is 1. The molecule has 0 spiro atoms. The molecule has 3 nitrogen and oxygen atoms in total. The minimum Gasteiger partial charge on any atom is -0.215 e. The van der Waals surface area contributed by atoms with E-state index in [0.717, 1.165) is 5.56 Å². The van der Waals surface area contributed by atoms with Crippen molar-refractivity contribution in [2.75, 3.05) is 6.54 Å². The van der Waals surface area contributed by atoms with Crippen molar-refractivity contribution in [3.8, 4) is 0 Å². The Bertz CT molecular complexity index is 385. The predicted octanol–water partition coefficient (Wildman–Crippen LogP) is 1.05. The molecule has 1 aromatic rings. The van der Waals surface area contributed by atoms with E-state index in [1.165, 1.54) is 0 Å². The Hall–Kier alpha value is -0.870. The normalized spacial score (nSPS) is 26.0. The van der Waals surface area contributed by atoms with Crippen molar-refractivity contribution in [3.05, 3.63) is 35.9 Å². The van der Waals surface area contributed by atoms with E-state index < -0.39 is 10.0 Å². The molecule has 1 N–H and O–H groups in total. The first-order valence-corrected chi connectivity index (χ1v) is 5.78. The van der Waals surface area contributed by atoms with Gasteiger partial charge in [-0.3, -0.25) is 0 Å². The molecule has 0 aliphatic carbocycles. The van der Waals surface area contributed by atoms with E-state index in [2.05, 4.69) is 4.72 Å². The van der Waals surface area contributed by atoms with Crippen LogP contribution in [-0.2, 0) is 10.0 Å². The number of benzene rings is 1. The lowest BCUT2D eigenvalue weighted by molar-refractivity contribution is 0.586. The molecule has 1 aromatic carbocycles. The molecular formula is C9H11NO2S. The molecule has 1 aliphatic heterocycles. The largest absolute Gasteiger partial charge is 0.218 e. The molecule has 0 saturated carbocycles. The summed E-state index contributed by atoms with van der Waals surface area (Å²) in [4.78, 5) is 0. The predicted molar refractivity (Wildman–Crippen MR) is 50.7 cm³/mol. The number of rotatable bonds is 1. The molecule has 1 unspecified atom stereocenters. The first-order chi connectivity index (χ1) is 6.20. The Morgan fingerprint density at radius 1 is 1.23 bits per heavy atom. The van der Waals surface area contributed by atoms with Gasteiger partial charge in [0, 0.05) is 6.54 Å². The van der Waals surface area contributed by atoms with Crippen molar-refractivity contribution in [1.29, 1.82) is 0 Å². The minimum absolute atomic E-state index is 0.353. The molecule has 70 valence electrons. The average molecular weight is 197 g/mol. The van der Waals surface area contributed by atoms with Crippen molar-refractivity contribution in [2.24, 2.45) is 0 Å². The van der Waals surface area contributed by atoms with Crippen LogP contribution in [0.2, 0.25) is 0 Å². The highest BCUT2D eigenvalue weighted by Gasteiger charge is 2.31. The van der Waals surface area contributed by atoms with Crippen molar-refractivity contribution < 1.29 is 8.42 Å². The van der Waals surface area contributed by atoms with Crippen LogP contribution in [0.25, 0.3) is 0 Å². The third-order valence-electron chi connectivity index (χ3n) is 2.26. The Morgan fingerprint density at radius 3 is 2.46 bits per heavy atom. The quantitative estimate of drug-likeness (QED) is 0.731. The van der Waals surface area contributed by atoms with Crippen molar-refractivity contribution in [3.63, 3.8) is 0 Å². The van der Waals surface area contributed by atoms with Crippen LogP contribution in [0.4, 0.5) is 0 Å². The lowest BCUT2D eigenvalue weighted by Crippen LogP contribution is -2.18. The summed E-state index contributed by atoms with van der Waals surface area (Å²) in [5.74, 6) is 0. The number of nitrogens with one attached hydrogen (secondary N) is 1. The molecule has 0 radical (unpaired) electrons. The monoisotopic (exact) mass is 197 g/mol. The van der Waals surface area contributed by atoms with Crippen LogP contribution in [0.3, 0.4) is 0 Å². The lowest BCUT2D eigenvalue weighted by Gasteiger charge is -2.07. The number of sulfonamides is 1. The maximum Gasteiger partial charge on any atom is 0.218 e. The van der Waals surface area contributed by atoms with Gasteiger partial charge in [0.2, 0.25) is 10.0 Å². The standard InChI is InChI=1S/C9H11NO2S/c11-13(12)9(6-7-10-13)8-4-2-1-3-5-8/h1-5,9-10H,6-7H2. The molecule has 1 heterocycles. The molecule has 0 amide bonds. The summed E-state index contributed by atoms with van der Waals surface area (Å²) >= 11 is 0. The van der Waals surface area contributed by atoms with E-state index in [-0.39, 0.29) is 5.25 Å². The van der Waals surface area contributed by atoms with Crippen LogP contribution in [0.1, 0.15) is 17.2 Å². The smallest absolute Gasteiger partial charge is 0.215 e. The van der Waals surface area contributed by atoms with Gasteiger partial charge in [-0.05, 0) is 12.0 Å². The van der Waals surface area contributed by atoms with E-state index in [1.807, 2.05) is 30.3 Å². The van der Waals surface area contributed by atoms with E-state index >= 15 is 0 Å². The molecule has 1 aliphatic rings. The SMILES string of the molecule is O=S1(=O)NCCC1c1ccccc1. The van der Waals surface area contributed by atoms with Gasteiger partial charge in [-0.1, -0.05) is 30.3 Å². The first kappa shape index (κ1) is 8.72. The highest BCUT2D eigenvalue weighted by atomic mass is 32.2. The molecule has 4 heteroatoms. The molecule has 0 bridgehead atoms. The maximum atomic E-state index is 11.5. The van der Waals surface area contributed by atoms with Crippen LogP contribution in [-0.4, -0.2) is 15.0 Å². The fourth-order valence-corrected chi connectivity index (χ4v) is 3.15. The average Bonchev–Trinajstić information content (AvgIpc) is 2.47. The lowest BCUT2D eigenvalue weighted by atomic mass is 10.1. The molecule has 0 aromatic heterocycles. The fourth-order valence-electron chi connectivity index (χ4n) is 1.60. The van der Waals surface area contributed by atoms with E-state index in [0.29, 0.717) is 13.0 Å². The molecule has 13 heavy (non-hydrogen) atoms. The fraction of sp³-hybridized carbons (Fsp3) is 0.333.